The molecule has 0 radical (unpaired) electrons. The fourth-order valence-electron chi connectivity index (χ4n) is 2.55. The molecule has 0 aromatic carbocycles. The Labute approximate surface area is 124 Å². The van der Waals surface area contributed by atoms with E-state index >= 15 is 0 Å². The standard InChI is InChI=1S/C15H23N3OS/c1-9(2)13-6-10(7-14(16)18-13)15(19)17-11-4-5-12(8-11)20-3/h6-7,9,11-12H,4-5,8H2,1-3H3,(H2,16,18)(H,17,19). The maximum Gasteiger partial charge on any atom is 0.251 e. The maximum absolute atomic E-state index is 12.3. The average Bonchev–Trinajstić information content (AvgIpc) is 2.85. The molecule has 1 fully saturated rings. The Morgan fingerprint density at radius 3 is 2.80 bits per heavy atom. The van der Waals surface area contributed by atoms with Crippen molar-refractivity contribution in [1.29, 1.82) is 0 Å². The van der Waals surface area contributed by atoms with Crippen LogP contribution in [0.4, 0.5) is 5.82 Å². The monoisotopic (exact) mass is 293 g/mol. The number of carbonyl (C=O) groups is 1. The number of hydrogen-bond donors (Lipinski definition) is 2. The molecule has 2 unspecified atom stereocenters. The van der Waals surface area contributed by atoms with Gasteiger partial charge in [-0.1, -0.05) is 13.8 Å². The number of amides is 1. The van der Waals surface area contributed by atoms with E-state index in [1.54, 1.807) is 6.07 Å². The zero-order valence-corrected chi connectivity index (χ0v) is 13.2. The molecule has 4 nitrogen and oxygen atoms in total. The van der Waals surface area contributed by atoms with Gasteiger partial charge in [-0.3, -0.25) is 4.79 Å². The van der Waals surface area contributed by atoms with E-state index in [4.69, 9.17) is 5.73 Å². The molecule has 1 aromatic heterocycles. The van der Waals surface area contributed by atoms with Crippen LogP contribution in [-0.4, -0.2) is 28.4 Å². The van der Waals surface area contributed by atoms with Gasteiger partial charge in [-0.15, -0.1) is 0 Å². The molecule has 0 aliphatic heterocycles. The molecule has 1 aliphatic rings. The molecule has 0 bridgehead atoms. The van der Waals surface area contributed by atoms with Crippen molar-refractivity contribution in [2.24, 2.45) is 0 Å². The fourth-order valence-corrected chi connectivity index (χ4v) is 3.35. The molecule has 0 spiro atoms. The largest absolute Gasteiger partial charge is 0.384 e. The Balaban J connectivity index is 2.06. The number of nitrogens with zero attached hydrogens (tertiary/aromatic N) is 1. The molecule has 110 valence electrons. The molecule has 3 N–H and O–H groups in total. The van der Waals surface area contributed by atoms with E-state index in [0.29, 0.717) is 16.6 Å². The first kappa shape index (κ1) is 15.2. The van der Waals surface area contributed by atoms with E-state index in [9.17, 15) is 4.79 Å². The molecule has 2 rings (SSSR count). The minimum atomic E-state index is -0.0345. The minimum Gasteiger partial charge on any atom is -0.384 e. The van der Waals surface area contributed by atoms with Crippen molar-refractivity contribution >= 4 is 23.5 Å². The van der Waals surface area contributed by atoms with Crippen LogP contribution in [0.3, 0.4) is 0 Å². The lowest BCUT2D eigenvalue weighted by atomic mass is 10.1. The summed E-state index contributed by atoms with van der Waals surface area (Å²) < 4.78 is 0. The highest BCUT2D eigenvalue weighted by Gasteiger charge is 2.25. The first-order valence-electron chi connectivity index (χ1n) is 7.10. The van der Waals surface area contributed by atoms with Crippen molar-refractivity contribution in [2.45, 2.75) is 50.3 Å². The summed E-state index contributed by atoms with van der Waals surface area (Å²) in [6.45, 7) is 4.09. The zero-order chi connectivity index (χ0) is 14.7. The molecule has 20 heavy (non-hydrogen) atoms. The van der Waals surface area contributed by atoms with Crippen LogP contribution < -0.4 is 11.1 Å². The van der Waals surface area contributed by atoms with Gasteiger partial charge in [0, 0.05) is 22.5 Å². The zero-order valence-electron chi connectivity index (χ0n) is 12.3. The van der Waals surface area contributed by atoms with Gasteiger partial charge in [0.1, 0.15) is 5.82 Å². The molecule has 1 aliphatic carbocycles. The van der Waals surface area contributed by atoms with E-state index in [1.165, 1.54) is 6.42 Å². The van der Waals surface area contributed by atoms with Crippen molar-refractivity contribution in [3.63, 3.8) is 0 Å². The first-order valence-corrected chi connectivity index (χ1v) is 8.39. The Hall–Kier alpha value is -1.23. The lowest BCUT2D eigenvalue weighted by Crippen LogP contribution is -2.33. The third-order valence-corrected chi connectivity index (χ3v) is 4.87. The number of pyridine rings is 1. The number of thioether (sulfide) groups is 1. The molecule has 5 heteroatoms. The van der Waals surface area contributed by atoms with Crippen molar-refractivity contribution < 1.29 is 4.79 Å². The molecule has 0 saturated heterocycles. The number of hydrogen-bond acceptors (Lipinski definition) is 4. The van der Waals surface area contributed by atoms with Crippen LogP contribution in [0.25, 0.3) is 0 Å². The Bertz CT molecular complexity index is 490. The maximum atomic E-state index is 12.3. The van der Waals surface area contributed by atoms with Crippen LogP contribution >= 0.6 is 11.8 Å². The number of nitrogens with one attached hydrogen (secondary N) is 1. The van der Waals surface area contributed by atoms with Gasteiger partial charge in [0.2, 0.25) is 0 Å². The van der Waals surface area contributed by atoms with Gasteiger partial charge in [-0.05, 0) is 43.6 Å². The van der Waals surface area contributed by atoms with Crippen LogP contribution in [0.15, 0.2) is 12.1 Å². The molecular formula is C15H23N3OS. The summed E-state index contributed by atoms with van der Waals surface area (Å²) in [5.74, 6) is 0.639. The van der Waals surface area contributed by atoms with E-state index in [-0.39, 0.29) is 17.9 Å². The van der Waals surface area contributed by atoms with Crippen molar-refractivity contribution in [3.8, 4) is 0 Å². The lowest BCUT2D eigenvalue weighted by Gasteiger charge is -2.14. The summed E-state index contributed by atoms with van der Waals surface area (Å²) in [6, 6.07) is 3.79. The number of anilines is 1. The van der Waals surface area contributed by atoms with Crippen LogP contribution in [0.2, 0.25) is 0 Å². The molecule has 1 saturated carbocycles. The van der Waals surface area contributed by atoms with E-state index in [1.807, 2.05) is 31.7 Å². The van der Waals surface area contributed by atoms with Gasteiger partial charge < -0.3 is 11.1 Å². The Morgan fingerprint density at radius 2 is 2.20 bits per heavy atom. The van der Waals surface area contributed by atoms with Gasteiger partial charge in [0.25, 0.3) is 5.91 Å². The Kier molecular flexibility index (Phi) is 4.91. The predicted molar refractivity (Wildman–Crippen MR) is 85.1 cm³/mol. The van der Waals surface area contributed by atoms with Crippen LogP contribution in [0.1, 0.15) is 55.1 Å². The number of nitrogen functional groups attached to an aromatic ring is 1. The van der Waals surface area contributed by atoms with Gasteiger partial charge in [0.05, 0.1) is 0 Å². The number of aromatic nitrogens is 1. The third-order valence-electron chi connectivity index (χ3n) is 3.77. The van der Waals surface area contributed by atoms with Crippen LogP contribution in [0.5, 0.6) is 0 Å². The SMILES string of the molecule is CSC1CCC(NC(=O)c2cc(N)nc(C(C)C)c2)C1. The molecule has 1 amide bonds. The molecule has 1 aromatic rings. The van der Waals surface area contributed by atoms with E-state index in [2.05, 4.69) is 16.6 Å². The van der Waals surface area contributed by atoms with Crippen molar-refractivity contribution in [1.82, 2.24) is 10.3 Å². The summed E-state index contributed by atoms with van der Waals surface area (Å²) in [6.07, 6.45) is 5.44. The number of nitrogens with two attached hydrogens (primary N) is 1. The van der Waals surface area contributed by atoms with Crippen LogP contribution in [-0.2, 0) is 0 Å². The van der Waals surface area contributed by atoms with Crippen molar-refractivity contribution in [3.05, 3.63) is 23.4 Å². The molecule has 1 heterocycles. The number of carbonyl (C=O) groups excluding carboxylic acids is 1. The smallest absolute Gasteiger partial charge is 0.251 e. The number of rotatable bonds is 4. The molecular weight excluding hydrogens is 270 g/mol. The van der Waals surface area contributed by atoms with Gasteiger partial charge in [0.15, 0.2) is 0 Å². The van der Waals surface area contributed by atoms with Gasteiger partial charge >= 0.3 is 0 Å². The summed E-state index contributed by atoms with van der Waals surface area (Å²) in [4.78, 5) is 16.6. The van der Waals surface area contributed by atoms with Crippen molar-refractivity contribution in [2.75, 3.05) is 12.0 Å². The topological polar surface area (TPSA) is 68.0 Å². The fraction of sp³-hybridized carbons (Fsp3) is 0.600. The summed E-state index contributed by atoms with van der Waals surface area (Å²) >= 11 is 1.89. The first-order chi connectivity index (χ1) is 9.49. The second kappa shape index (κ2) is 6.48. The summed E-state index contributed by atoms with van der Waals surface area (Å²) in [7, 11) is 0. The average molecular weight is 293 g/mol. The second-order valence-corrected chi connectivity index (χ2v) is 6.84. The summed E-state index contributed by atoms with van der Waals surface area (Å²) in [5, 5.41) is 3.79. The minimum absolute atomic E-state index is 0.0345. The molecule has 2 atom stereocenters. The highest BCUT2D eigenvalue weighted by atomic mass is 32.2. The Morgan fingerprint density at radius 1 is 1.45 bits per heavy atom. The lowest BCUT2D eigenvalue weighted by molar-refractivity contribution is 0.0938. The third kappa shape index (κ3) is 3.66. The van der Waals surface area contributed by atoms with Gasteiger partial charge in [-0.2, -0.15) is 11.8 Å². The van der Waals surface area contributed by atoms with Crippen LogP contribution in [0, 0.1) is 0 Å². The normalized spacial score (nSPS) is 22.2. The van der Waals surface area contributed by atoms with Gasteiger partial charge in [-0.25, -0.2) is 4.98 Å². The van der Waals surface area contributed by atoms with E-state index < -0.39 is 0 Å². The summed E-state index contributed by atoms with van der Waals surface area (Å²) in [5.41, 5.74) is 7.28. The van der Waals surface area contributed by atoms with E-state index in [0.717, 1.165) is 18.5 Å². The highest BCUT2D eigenvalue weighted by Crippen LogP contribution is 2.28. The second-order valence-electron chi connectivity index (χ2n) is 5.70. The quantitative estimate of drug-likeness (QED) is 0.895. The predicted octanol–water partition coefficient (Wildman–Crippen LogP) is 2.80. The highest BCUT2D eigenvalue weighted by molar-refractivity contribution is 7.99.